The van der Waals surface area contributed by atoms with Crippen molar-refractivity contribution in [1.82, 2.24) is 10.2 Å². The van der Waals surface area contributed by atoms with E-state index in [9.17, 15) is 4.79 Å². The number of hydrogen-bond donors (Lipinski definition) is 1. The van der Waals surface area contributed by atoms with Gasteiger partial charge in [0.1, 0.15) is 4.88 Å². The quantitative estimate of drug-likeness (QED) is 0.311. The zero-order valence-corrected chi connectivity index (χ0v) is 17.4. The second kappa shape index (κ2) is 8.29. The summed E-state index contributed by atoms with van der Waals surface area (Å²) in [5, 5.41) is 21.5. The number of nitrogens with zero attached hydrogens (tertiary/aromatic N) is 3. The van der Waals surface area contributed by atoms with Crippen molar-refractivity contribution in [3.05, 3.63) is 69.6 Å². The van der Waals surface area contributed by atoms with Crippen molar-refractivity contribution in [2.24, 2.45) is 0 Å². The smallest absolute Gasteiger partial charge is 0.269 e. The van der Waals surface area contributed by atoms with Gasteiger partial charge in [-0.25, -0.2) is 0 Å². The Balaban J connectivity index is 1.41. The van der Waals surface area contributed by atoms with Crippen molar-refractivity contribution in [2.75, 3.05) is 5.32 Å². The molecule has 138 valence electrons. The van der Waals surface area contributed by atoms with Crippen molar-refractivity contribution in [3.63, 3.8) is 0 Å². The predicted octanol–water partition coefficient (Wildman–Crippen LogP) is 5.82. The van der Waals surface area contributed by atoms with Crippen molar-refractivity contribution >= 4 is 67.2 Å². The number of carbonyl (C=O) groups is 1. The summed E-state index contributed by atoms with van der Waals surface area (Å²) in [5.74, 6) is 0.419. The van der Waals surface area contributed by atoms with Crippen molar-refractivity contribution in [2.45, 2.75) is 10.1 Å². The highest BCUT2D eigenvalue weighted by molar-refractivity contribution is 8.00. The minimum atomic E-state index is -0.286. The molecule has 0 unspecified atom stereocenters. The summed E-state index contributed by atoms with van der Waals surface area (Å²) in [7, 11) is 0. The molecule has 4 rings (SSSR count). The van der Waals surface area contributed by atoms with Gasteiger partial charge in [0.25, 0.3) is 5.91 Å². The monoisotopic (exact) mass is 442 g/mol. The van der Waals surface area contributed by atoms with Crippen LogP contribution in [0.3, 0.4) is 0 Å². The number of anilines is 1. The van der Waals surface area contributed by atoms with Crippen LogP contribution in [0.1, 0.15) is 20.8 Å². The van der Waals surface area contributed by atoms with E-state index in [1.807, 2.05) is 36.4 Å². The Bertz CT molecular complexity index is 1190. The normalized spacial score (nSPS) is 10.7. The summed E-state index contributed by atoms with van der Waals surface area (Å²) >= 11 is 10.5. The van der Waals surface area contributed by atoms with Gasteiger partial charge in [0.2, 0.25) is 5.13 Å². The van der Waals surface area contributed by atoms with Gasteiger partial charge in [0.05, 0.1) is 16.7 Å². The first kappa shape index (κ1) is 18.9. The van der Waals surface area contributed by atoms with Gasteiger partial charge in [0, 0.05) is 15.8 Å². The maximum atomic E-state index is 12.6. The molecule has 1 amide bonds. The van der Waals surface area contributed by atoms with Gasteiger partial charge in [-0.05, 0) is 23.8 Å². The number of rotatable bonds is 5. The van der Waals surface area contributed by atoms with Crippen LogP contribution in [0.15, 0.2) is 52.9 Å². The summed E-state index contributed by atoms with van der Waals surface area (Å²) < 4.78 is 1.72. The molecule has 0 aliphatic heterocycles. The lowest BCUT2D eigenvalue weighted by Gasteiger charge is -1.99. The fourth-order valence-corrected chi connectivity index (χ4v) is 5.57. The standard InChI is InChI=1S/C19H11ClN4OS3/c20-15-13-3-1-2-4-14(13)27-16(15)17(25)22-18-23-24-19(28-18)26-10-12-7-5-11(9-21)6-8-12/h1-8H,10H2,(H,22,23,25). The average Bonchev–Trinajstić information content (AvgIpc) is 3.31. The third-order valence-electron chi connectivity index (χ3n) is 3.81. The SMILES string of the molecule is N#Cc1ccc(CSc2nnc(NC(=O)c3sc4ccccc4c3Cl)s2)cc1. The zero-order chi connectivity index (χ0) is 19.5. The summed E-state index contributed by atoms with van der Waals surface area (Å²) in [6, 6.07) is 17.1. The number of aromatic nitrogens is 2. The molecule has 2 aromatic heterocycles. The minimum absolute atomic E-state index is 0.286. The molecule has 4 aromatic rings. The highest BCUT2D eigenvalue weighted by atomic mass is 35.5. The van der Waals surface area contributed by atoms with E-state index in [1.165, 1.54) is 34.4 Å². The lowest BCUT2D eigenvalue weighted by molar-refractivity contribution is 0.103. The number of thioether (sulfide) groups is 1. The third-order valence-corrected chi connectivity index (χ3v) is 7.53. The maximum Gasteiger partial charge on any atom is 0.269 e. The highest BCUT2D eigenvalue weighted by Gasteiger charge is 2.18. The number of hydrogen-bond acceptors (Lipinski definition) is 7. The van der Waals surface area contributed by atoms with Crippen molar-refractivity contribution < 1.29 is 4.79 Å². The number of amides is 1. The molecular weight excluding hydrogens is 432 g/mol. The van der Waals surface area contributed by atoms with Crippen LogP contribution in [0.5, 0.6) is 0 Å². The minimum Gasteiger partial charge on any atom is -0.296 e. The third kappa shape index (κ3) is 4.03. The number of nitrogens with one attached hydrogen (secondary N) is 1. The van der Waals surface area contributed by atoms with Crippen LogP contribution in [-0.4, -0.2) is 16.1 Å². The van der Waals surface area contributed by atoms with Gasteiger partial charge in [-0.3, -0.25) is 10.1 Å². The average molecular weight is 443 g/mol. The van der Waals surface area contributed by atoms with E-state index in [4.69, 9.17) is 16.9 Å². The van der Waals surface area contributed by atoms with Gasteiger partial charge in [-0.1, -0.05) is 65.0 Å². The van der Waals surface area contributed by atoms with Gasteiger partial charge >= 0.3 is 0 Å². The Labute approximate surface area is 178 Å². The molecule has 0 spiro atoms. The number of benzene rings is 2. The molecule has 0 bridgehead atoms. The van der Waals surface area contributed by atoms with Crippen LogP contribution in [0.25, 0.3) is 10.1 Å². The maximum absolute atomic E-state index is 12.6. The molecule has 2 aromatic carbocycles. The van der Waals surface area contributed by atoms with E-state index in [1.54, 1.807) is 12.1 Å². The molecule has 2 heterocycles. The molecule has 0 aliphatic rings. The second-order valence-electron chi connectivity index (χ2n) is 5.67. The summed E-state index contributed by atoms with van der Waals surface area (Å²) in [6.07, 6.45) is 0. The molecule has 0 saturated heterocycles. The Morgan fingerprint density at radius 1 is 1.14 bits per heavy atom. The Morgan fingerprint density at radius 3 is 2.68 bits per heavy atom. The van der Waals surface area contributed by atoms with E-state index >= 15 is 0 Å². The number of thiophene rings is 1. The molecule has 0 saturated carbocycles. The number of nitriles is 1. The summed E-state index contributed by atoms with van der Waals surface area (Å²) in [6.45, 7) is 0. The van der Waals surface area contributed by atoms with Crippen LogP contribution >= 0.6 is 46.0 Å². The highest BCUT2D eigenvalue weighted by Crippen LogP contribution is 2.36. The second-order valence-corrected chi connectivity index (χ2v) is 9.30. The van der Waals surface area contributed by atoms with Gasteiger partial charge in [-0.2, -0.15) is 5.26 Å². The molecule has 1 N–H and O–H groups in total. The zero-order valence-electron chi connectivity index (χ0n) is 14.2. The Hall–Kier alpha value is -2.44. The Kier molecular flexibility index (Phi) is 5.59. The van der Waals surface area contributed by atoms with Crippen molar-refractivity contribution in [3.8, 4) is 6.07 Å². The molecule has 0 atom stereocenters. The largest absolute Gasteiger partial charge is 0.296 e. The molecule has 5 nitrogen and oxygen atoms in total. The predicted molar refractivity (Wildman–Crippen MR) is 115 cm³/mol. The lowest BCUT2D eigenvalue weighted by atomic mass is 10.2. The fraction of sp³-hybridized carbons (Fsp3) is 0.0526. The van der Waals surface area contributed by atoms with Gasteiger partial charge in [0.15, 0.2) is 4.34 Å². The van der Waals surface area contributed by atoms with Crippen LogP contribution in [-0.2, 0) is 5.75 Å². The molecule has 28 heavy (non-hydrogen) atoms. The van der Waals surface area contributed by atoms with Gasteiger partial charge in [-0.15, -0.1) is 21.5 Å². The van der Waals surface area contributed by atoms with E-state index in [0.29, 0.717) is 26.3 Å². The first-order valence-corrected chi connectivity index (χ1v) is 11.1. The van der Waals surface area contributed by atoms with E-state index < -0.39 is 0 Å². The van der Waals surface area contributed by atoms with Crippen LogP contribution in [0, 0.1) is 11.3 Å². The molecule has 0 radical (unpaired) electrons. The molecular formula is C19H11ClN4OS3. The first-order chi connectivity index (χ1) is 13.6. The van der Waals surface area contributed by atoms with E-state index in [0.717, 1.165) is 20.0 Å². The summed E-state index contributed by atoms with van der Waals surface area (Å²) in [4.78, 5) is 13.0. The number of fused-ring (bicyclic) bond motifs is 1. The first-order valence-electron chi connectivity index (χ1n) is 8.08. The van der Waals surface area contributed by atoms with E-state index in [2.05, 4.69) is 21.6 Å². The number of halogens is 1. The van der Waals surface area contributed by atoms with E-state index in [-0.39, 0.29) is 5.91 Å². The summed E-state index contributed by atoms with van der Waals surface area (Å²) in [5.41, 5.74) is 1.72. The molecule has 0 fully saturated rings. The van der Waals surface area contributed by atoms with Crippen LogP contribution < -0.4 is 5.32 Å². The van der Waals surface area contributed by atoms with Crippen LogP contribution in [0.4, 0.5) is 5.13 Å². The Morgan fingerprint density at radius 2 is 1.93 bits per heavy atom. The molecule has 9 heteroatoms. The molecule has 0 aliphatic carbocycles. The topological polar surface area (TPSA) is 78.7 Å². The van der Waals surface area contributed by atoms with Crippen LogP contribution in [0.2, 0.25) is 5.02 Å². The lowest BCUT2D eigenvalue weighted by Crippen LogP contribution is -2.10. The fourth-order valence-electron chi connectivity index (χ4n) is 2.45. The number of carbonyl (C=O) groups excluding carboxylic acids is 1. The van der Waals surface area contributed by atoms with Crippen molar-refractivity contribution in [1.29, 1.82) is 5.26 Å². The van der Waals surface area contributed by atoms with Gasteiger partial charge < -0.3 is 0 Å².